The lowest BCUT2D eigenvalue weighted by molar-refractivity contribution is -0.173. The number of carbonyl (C=O) groups is 4. The van der Waals surface area contributed by atoms with E-state index in [2.05, 4.69) is 49.6 Å². The maximum absolute atomic E-state index is 13.3. The third kappa shape index (κ3) is 10.1. The van der Waals surface area contributed by atoms with E-state index in [1.807, 2.05) is 74.5 Å². The molecule has 5 unspecified atom stereocenters. The number of benzene rings is 4. The highest BCUT2D eigenvalue weighted by Gasteiger charge is 2.46. The van der Waals surface area contributed by atoms with Crippen LogP contribution in [0.5, 0.6) is 5.75 Å². The smallest absolute Gasteiger partial charge is 0.330 e. The molecule has 0 fully saturated rings. The van der Waals surface area contributed by atoms with E-state index in [0.29, 0.717) is 5.75 Å². The van der Waals surface area contributed by atoms with E-state index in [4.69, 9.17) is 28.4 Å². The zero-order valence-corrected chi connectivity index (χ0v) is 35.1. The molecule has 0 aromatic heterocycles. The molecule has 4 aromatic rings. The second-order valence-electron chi connectivity index (χ2n) is 15.7. The molecule has 12 nitrogen and oxygen atoms in total. The van der Waals surface area contributed by atoms with Crippen LogP contribution in [0.15, 0.2) is 135 Å². The Kier molecular flexibility index (Phi) is 14.6. The van der Waals surface area contributed by atoms with Gasteiger partial charge in [0.15, 0.2) is 12.4 Å². The second kappa shape index (κ2) is 20.0. The van der Waals surface area contributed by atoms with Gasteiger partial charge in [-0.25, -0.2) is 9.59 Å². The molecule has 0 saturated heterocycles. The zero-order valence-electron chi connectivity index (χ0n) is 35.1. The van der Waals surface area contributed by atoms with Gasteiger partial charge in [-0.05, 0) is 84.7 Å². The SMILES string of the molecule is C=CC(=O)OCC(COC(C)(C)c1ccc(C2(c3ccc(OCC(COC(=O)C=C)OC(C)O)cc3)c3ccccc3-c3ccccc32)cc1)OC(=O)C1CC=CCC1C(=O)O. The molecule has 0 radical (unpaired) electrons. The molecular weight excluding hydrogens is 793 g/mol. The fraction of sp³-hybridized carbons (Fsp3) is 0.320. The lowest BCUT2D eigenvalue weighted by Gasteiger charge is -2.35. The van der Waals surface area contributed by atoms with E-state index in [-0.39, 0.29) is 39.3 Å². The van der Waals surface area contributed by atoms with Gasteiger partial charge in [-0.1, -0.05) is 110 Å². The van der Waals surface area contributed by atoms with E-state index >= 15 is 0 Å². The summed E-state index contributed by atoms with van der Waals surface area (Å²) in [6.07, 6.45) is 3.15. The average Bonchev–Trinajstić information content (AvgIpc) is 3.58. The first-order valence-electron chi connectivity index (χ1n) is 20.5. The molecule has 5 atom stereocenters. The van der Waals surface area contributed by atoms with Crippen LogP contribution in [0.3, 0.4) is 0 Å². The first-order chi connectivity index (χ1) is 29.8. The Balaban J connectivity index is 1.27. The van der Waals surface area contributed by atoms with E-state index in [0.717, 1.165) is 51.1 Å². The molecule has 0 saturated carbocycles. The number of allylic oxidation sites excluding steroid dienone is 2. The van der Waals surface area contributed by atoms with Crippen molar-refractivity contribution < 1.29 is 57.8 Å². The van der Waals surface area contributed by atoms with Crippen molar-refractivity contribution in [3.8, 4) is 16.9 Å². The Morgan fingerprint density at radius 2 is 1.24 bits per heavy atom. The van der Waals surface area contributed by atoms with Gasteiger partial charge >= 0.3 is 23.9 Å². The van der Waals surface area contributed by atoms with Crippen molar-refractivity contribution >= 4 is 23.9 Å². The molecule has 62 heavy (non-hydrogen) atoms. The summed E-state index contributed by atoms with van der Waals surface area (Å²) in [5.74, 6) is -4.36. The largest absolute Gasteiger partial charge is 0.491 e. The van der Waals surface area contributed by atoms with E-state index in [1.54, 1.807) is 12.2 Å². The van der Waals surface area contributed by atoms with Crippen molar-refractivity contribution in [2.75, 3.05) is 26.4 Å². The molecule has 2 aliphatic carbocycles. The van der Waals surface area contributed by atoms with Crippen LogP contribution in [-0.4, -0.2) is 79.0 Å². The summed E-state index contributed by atoms with van der Waals surface area (Å²) < 4.78 is 34.1. The molecule has 2 aliphatic rings. The minimum absolute atomic E-state index is 0.0112. The van der Waals surface area contributed by atoms with Crippen molar-refractivity contribution in [3.05, 3.63) is 162 Å². The molecule has 6 rings (SSSR count). The first kappa shape index (κ1) is 45.2. The summed E-state index contributed by atoms with van der Waals surface area (Å²) in [7, 11) is 0. The van der Waals surface area contributed by atoms with Crippen LogP contribution in [-0.2, 0) is 53.9 Å². The number of aliphatic hydroxyl groups is 1. The fourth-order valence-electron chi connectivity index (χ4n) is 8.11. The molecule has 0 heterocycles. The van der Waals surface area contributed by atoms with E-state index in [1.165, 1.54) is 6.92 Å². The van der Waals surface area contributed by atoms with Crippen LogP contribution in [0.1, 0.15) is 61.4 Å². The summed E-state index contributed by atoms with van der Waals surface area (Å²) in [5, 5.41) is 19.6. The monoisotopic (exact) mass is 844 g/mol. The van der Waals surface area contributed by atoms with Gasteiger partial charge in [-0.15, -0.1) is 0 Å². The Hall–Kier alpha value is -6.34. The predicted molar refractivity (Wildman–Crippen MR) is 230 cm³/mol. The Morgan fingerprint density at radius 3 is 1.77 bits per heavy atom. The number of carboxylic acids is 1. The number of hydrogen-bond donors (Lipinski definition) is 2. The number of aliphatic hydroxyl groups excluding tert-OH is 1. The van der Waals surface area contributed by atoms with Gasteiger partial charge < -0.3 is 38.6 Å². The topological polar surface area (TPSA) is 164 Å². The third-order valence-electron chi connectivity index (χ3n) is 11.2. The Labute approximate surface area is 361 Å². The van der Waals surface area contributed by atoms with Gasteiger partial charge in [-0.3, -0.25) is 9.59 Å². The molecular formula is C50H52O12. The maximum atomic E-state index is 13.3. The van der Waals surface area contributed by atoms with Crippen molar-refractivity contribution in [3.63, 3.8) is 0 Å². The molecule has 0 bridgehead atoms. The number of hydrogen-bond acceptors (Lipinski definition) is 11. The number of aliphatic carboxylic acids is 1. The molecule has 12 heteroatoms. The van der Waals surface area contributed by atoms with Crippen LogP contribution in [0.4, 0.5) is 0 Å². The van der Waals surface area contributed by atoms with Crippen LogP contribution in [0.25, 0.3) is 11.1 Å². The predicted octanol–water partition coefficient (Wildman–Crippen LogP) is 7.44. The van der Waals surface area contributed by atoms with Gasteiger partial charge in [-0.2, -0.15) is 0 Å². The fourth-order valence-corrected chi connectivity index (χ4v) is 8.11. The molecule has 0 spiro atoms. The lowest BCUT2D eigenvalue weighted by Crippen LogP contribution is -2.38. The van der Waals surface area contributed by atoms with Crippen LogP contribution >= 0.6 is 0 Å². The number of carboxylic acid groups (broad SMARTS) is 1. The highest BCUT2D eigenvalue weighted by molar-refractivity contribution is 5.86. The molecule has 324 valence electrons. The quantitative estimate of drug-likeness (QED) is 0.0262. The molecule has 0 aliphatic heterocycles. The Bertz CT molecular complexity index is 2230. The molecule has 2 N–H and O–H groups in total. The van der Waals surface area contributed by atoms with E-state index in [9.17, 15) is 29.4 Å². The normalized spacial score (nSPS) is 17.6. The number of esters is 3. The summed E-state index contributed by atoms with van der Waals surface area (Å²) in [4.78, 5) is 48.9. The van der Waals surface area contributed by atoms with Crippen LogP contribution in [0.2, 0.25) is 0 Å². The summed E-state index contributed by atoms with van der Waals surface area (Å²) in [6, 6.07) is 32.7. The van der Waals surface area contributed by atoms with Crippen molar-refractivity contribution in [2.45, 2.75) is 63.1 Å². The second-order valence-corrected chi connectivity index (χ2v) is 15.7. The van der Waals surface area contributed by atoms with Gasteiger partial charge in [0.25, 0.3) is 0 Å². The summed E-state index contributed by atoms with van der Waals surface area (Å²) in [5.41, 5.74) is 5.58. The average molecular weight is 845 g/mol. The number of fused-ring (bicyclic) bond motifs is 3. The van der Waals surface area contributed by atoms with Crippen LogP contribution in [0, 0.1) is 11.8 Å². The number of ether oxygens (including phenoxy) is 6. The number of rotatable bonds is 20. The van der Waals surface area contributed by atoms with Gasteiger partial charge in [0.1, 0.15) is 31.7 Å². The van der Waals surface area contributed by atoms with Crippen LogP contribution < -0.4 is 4.74 Å². The summed E-state index contributed by atoms with van der Waals surface area (Å²) >= 11 is 0. The van der Waals surface area contributed by atoms with Gasteiger partial charge in [0, 0.05) is 12.2 Å². The van der Waals surface area contributed by atoms with Gasteiger partial charge in [0.2, 0.25) is 0 Å². The number of carbonyl (C=O) groups excluding carboxylic acids is 3. The van der Waals surface area contributed by atoms with Crippen molar-refractivity contribution in [2.24, 2.45) is 11.8 Å². The molecule has 0 amide bonds. The zero-order chi connectivity index (χ0) is 44.4. The Morgan fingerprint density at radius 1 is 0.726 bits per heavy atom. The molecule has 4 aromatic carbocycles. The highest BCUT2D eigenvalue weighted by atomic mass is 16.6. The van der Waals surface area contributed by atoms with E-state index < -0.39 is 65.2 Å². The minimum atomic E-state index is -1.10. The lowest BCUT2D eigenvalue weighted by atomic mass is 9.67. The first-order valence-corrected chi connectivity index (χ1v) is 20.5. The maximum Gasteiger partial charge on any atom is 0.330 e. The third-order valence-corrected chi connectivity index (χ3v) is 11.2. The summed E-state index contributed by atoms with van der Waals surface area (Å²) in [6.45, 7) is 11.5. The van der Waals surface area contributed by atoms with Crippen molar-refractivity contribution in [1.82, 2.24) is 0 Å². The standard InChI is InChI=1S/C50H52O12/c1-6-45(52)58-29-37(61-32(3)51)28-57-36-26-24-35(25-27-36)50(43-18-12-10-14-39(43)40-15-11-13-19-44(40)50)34-22-20-33(21-23-34)49(4,5)60-31-38(30-59-46(53)7-2)62-48(56)42-17-9-8-16-41(42)47(54)55/h6-15,18-27,32,37-38,41-42,51H,1-2,16-17,28-31H2,3-5H3,(H,54,55). The highest BCUT2D eigenvalue weighted by Crippen LogP contribution is 2.56. The van der Waals surface area contributed by atoms with Crippen molar-refractivity contribution in [1.29, 1.82) is 0 Å². The minimum Gasteiger partial charge on any atom is -0.491 e. The van der Waals surface area contributed by atoms with Gasteiger partial charge in [0.05, 0.1) is 29.5 Å².